The monoisotopic (exact) mass is 228 g/mol. The fraction of sp³-hybridized carbons (Fsp3) is 0.0769. The first-order valence-electron chi connectivity index (χ1n) is 5.15. The molecular weight excluding hydrogens is 216 g/mol. The van der Waals surface area contributed by atoms with E-state index >= 15 is 0 Å². The quantitative estimate of drug-likeness (QED) is 0.820. The number of pyridine rings is 1. The molecule has 86 valence electrons. The van der Waals surface area contributed by atoms with Crippen LogP contribution in [0, 0.1) is 0 Å². The molecule has 0 amide bonds. The molecular formula is C13H12N2O2. The number of aromatic nitrogens is 1. The van der Waals surface area contributed by atoms with E-state index in [0.29, 0.717) is 22.9 Å². The molecule has 4 heteroatoms. The van der Waals surface area contributed by atoms with Gasteiger partial charge in [0, 0.05) is 17.8 Å². The van der Waals surface area contributed by atoms with E-state index in [4.69, 9.17) is 10.5 Å². The van der Waals surface area contributed by atoms with Crippen molar-refractivity contribution in [3.05, 3.63) is 48.2 Å². The van der Waals surface area contributed by atoms with E-state index < -0.39 is 0 Å². The lowest BCUT2D eigenvalue weighted by atomic mass is 10.1. The number of nitrogens with zero attached hydrogens (tertiary/aromatic N) is 1. The molecule has 2 N–H and O–H groups in total. The summed E-state index contributed by atoms with van der Waals surface area (Å²) in [4.78, 5) is 15.0. The summed E-state index contributed by atoms with van der Waals surface area (Å²) in [6.07, 6.45) is 1.58. The van der Waals surface area contributed by atoms with Crippen molar-refractivity contribution in [1.29, 1.82) is 0 Å². The van der Waals surface area contributed by atoms with E-state index in [9.17, 15) is 4.79 Å². The molecule has 0 saturated heterocycles. The van der Waals surface area contributed by atoms with Gasteiger partial charge >= 0.3 is 0 Å². The summed E-state index contributed by atoms with van der Waals surface area (Å²) in [6.45, 7) is 1.53. The van der Waals surface area contributed by atoms with Gasteiger partial charge in [0.1, 0.15) is 17.3 Å². The Morgan fingerprint density at radius 2 is 1.88 bits per heavy atom. The number of anilines is 1. The summed E-state index contributed by atoms with van der Waals surface area (Å²) in [5, 5.41) is 0. The van der Waals surface area contributed by atoms with Crippen LogP contribution in [0.1, 0.15) is 17.3 Å². The molecule has 0 bridgehead atoms. The molecule has 1 aromatic heterocycles. The maximum Gasteiger partial charge on any atom is 0.159 e. The van der Waals surface area contributed by atoms with Crippen LogP contribution < -0.4 is 10.5 Å². The van der Waals surface area contributed by atoms with Crippen molar-refractivity contribution < 1.29 is 9.53 Å². The predicted octanol–water partition coefficient (Wildman–Crippen LogP) is 2.66. The molecule has 4 nitrogen and oxygen atoms in total. The Labute approximate surface area is 99.1 Å². The minimum atomic E-state index is 0.0321. The number of hydrogen-bond donors (Lipinski definition) is 1. The van der Waals surface area contributed by atoms with E-state index in [2.05, 4.69) is 4.98 Å². The van der Waals surface area contributed by atoms with Gasteiger partial charge in [-0.25, -0.2) is 4.98 Å². The first-order chi connectivity index (χ1) is 8.15. The van der Waals surface area contributed by atoms with Crippen molar-refractivity contribution in [2.75, 3.05) is 5.73 Å². The topological polar surface area (TPSA) is 65.2 Å². The van der Waals surface area contributed by atoms with Gasteiger partial charge in [-0.3, -0.25) is 4.79 Å². The van der Waals surface area contributed by atoms with Crippen molar-refractivity contribution in [3.63, 3.8) is 0 Å². The number of ether oxygens (including phenoxy) is 1. The van der Waals surface area contributed by atoms with Crippen LogP contribution in [0.2, 0.25) is 0 Å². The van der Waals surface area contributed by atoms with Gasteiger partial charge in [0.05, 0.1) is 0 Å². The number of carbonyl (C=O) groups excluding carboxylic acids is 1. The Morgan fingerprint density at radius 3 is 2.47 bits per heavy atom. The van der Waals surface area contributed by atoms with Crippen molar-refractivity contribution in [1.82, 2.24) is 4.98 Å². The molecule has 0 saturated carbocycles. The van der Waals surface area contributed by atoms with E-state index in [-0.39, 0.29) is 5.78 Å². The highest BCUT2D eigenvalue weighted by atomic mass is 16.5. The van der Waals surface area contributed by atoms with Crippen LogP contribution in [0.5, 0.6) is 11.5 Å². The SMILES string of the molecule is CC(=O)c1ccc(Oc2ccnc(N)c2)cc1. The van der Waals surface area contributed by atoms with Crippen molar-refractivity contribution in [2.24, 2.45) is 0 Å². The van der Waals surface area contributed by atoms with Gasteiger partial charge in [-0.15, -0.1) is 0 Å². The highest BCUT2D eigenvalue weighted by Gasteiger charge is 2.01. The third-order valence-corrected chi connectivity index (χ3v) is 2.25. The maximum absolute atomic E-state index is 11.1. The Morgan fingerprint density at radius 1 is 1.18 bits per heavy atom. The molecule has 0 fully saturated rings. The number of hydrogen-bond acceptors (Lipinski definition) is 4. The van der Waals surface area contributed by atoms with Crippen molar-refractivity contribution in [3.8, 4) is 11.5 Å². The van der Waals surface area contributed by atoms with E-state index in [0.717, 1.165) is 0 Å². The van der Waals surface area contributed by atoms with Gasteiger partial charge in [0.2, 0.25) is 0 Å². The molecule has 0 spiro atoms. The zero-order chi connectivity index (χ0) is 12.3. The summed E-state index contributed by atoms with van der Waals surface area (Å²) in [7, 11) is 0. The smallest absolute Gasteiger partial charge is 0.159 e. The molecule has 0 aliphatic heterocycles. The van der Waals surface area contributed by atoms with Gasteiger partial charge < -0.3 is 10.5 Å². The fourth-order valence-corrected chi connectivity index (χ4v) is 1.39. The molecule has 0 aliphatic carbocycles. The third kappa shape index (κ3) is 2.81. The summed E-state index contributed by atoms with van der Waals surface area (Å²) < 4.78 is 5.56. The largest absolute Gasteiger partial charge is 0.457 e. The number of carbonyl (C=O) groups is 1. The van der Waals surface area contributed by atoms with E-state index in [1.54, 1.807) is 42.6 Å². The van der Waals surface area contributed by atoms with Crippen molar-refractivity contribution >= 4 is 11.6 Å². The fourth-order valence-electron chi connectivity index (χ4n) is 1.39. The molecule has 17 heavy (non-hydrogen) atoms. The number of ketones is 1. The number of benzene rings is 1. The molecule has 2 rings (SSSR count). The van der Waals surface area contributed by atoms with Crippen molar-refractivity contribution in [2.45, 2.75) is 6.92 Å². The molecule has 0 aliphatic rings. The average molecular weight is 228 g/mol. The van der Waals surface area contributed by atoms with Crippen LogP contribution in [0.15, 0.2) is 42.6 Å². The summed E-state index contributed by atoms with van der Waals surface area (Å²) in [5.41, 5.74) is 6.20. The summed E-state index contributed by atoms with van der Waals surface area (Å²) >= 11 is 0. The van der Waals surface area contributed by atoms with E-state index in [1.165, 1.54) is 6.92 Å². The second-order valence-corrected chi connectivity index (χ2v) is 3.60. The van der Waals surface area contributed by atoms with Crippen LogP contribution in [0.4, 0.5) is 5.82 Å². The van der Waals surface area contributed by atoms with Gasteiger partial charge in [-0.2, -0.15) is 0 Å². The average Bonchev–Trinajstić information content (AvgIpc) is 2.29. The Balaban J connectivity index is 2.16. The first kappa shape index (κ1) is 11.1. The minimum Gasteiger partial charge on any atom is -0.457 e. The van der Waals surface area contributed by atoms with Crippen LogP contribution in [-0.2, 0) is 0 Å². The zero-order valence-electron chi connectivity index (χ0n) is 9.38. The molecule has 1 aromatic carbocycles. The highest BCUT2D eigenvalue weighted by Crippen LogP contribution is 2.22. The number of nitrogen functional groups attached to an aromatic ring is 1. The summed E-state index contributed by atoms with van der Waals surface area (Å²) in [6, 6.07) is 10.3. The first-order valence-corrected chi connectivity index (χ1v) is 5.15. The van der Waals surface area contributed by atoms with Crippen LogP contribution >= 0.6 is 0 Å². The van der Waals surface area contributed by atoms with Crippen LogP contribution in [-0.4, -0.2) is 10.8 Å². The molecule has 2 aromatic rings. The second kappa shape index (κ2) is 4.65. The van der Waals surface area contributed by atoms with Gasteiger partial charge in [-0.05, 0) is 37.3 Å². The number of rotatable bonds is 3. The highest BCUT2D eigenvalue weighted by molar-refractivity contribution is 5.94. The minimum absolute atomic E-state index is 0.0321. The molecule has 1 heterocycles. The number of Topliss-reactive ketones (excluding diaryl/α,β-unsaturated/α-hetero) is 1. The maximum atomic E-state index is 11.1. The van der Waals surface area contributed by atoms with Gasteiger partial charge in [0.15, 0.2) is 5.78 Å². The lowest BCUT2D eigenvalue weighted by molar-refractivity contribution is 0.101. The van der Waals surface area contributed by atoms with Gasteiger partial charge in [0.25, 0.3) is 0 Å². The molecule has 0 radical (unpaired) electrons. The standard InChI is InChI=1S/C13H12N2O2/c1-9(16)10-2-4-11(5-3-10)17-12-6-7-15-13(14)8-12/h2-8H,1H3,(H2,14,15). The Hall–Kier alpha value is -2.36. The van der Waals surface area contributed by atoms with Gasteiger partial charge in [-0.1, -0.05) is 0 Å². The second-order valence-electron chi connectivity index (χ2n) is 3.60. The third-order valence-electron chi connectivity index (χ3n) is 2.25. The number of nitrogens with two attached hydrogens (primary N) is 1. The zero-order valence-corrected chi connectivity index (χ0v) is 9.38. The van der Waals surface area contributed by atoms with Crippen LogP contribution in [0.3, 0.4) is 0 Å². The Bertz CT molecular complexity index is 535. The normalized spacial score (nSPS) is 9.94. The molecule has 0 unspecified atom stereocenters. The Kier molecular flexibility index (Phi) is 3.05. The van der Waals surface area contributed by atoms with Crippen LogP contribution in [0.25, 0.3) is 0 Å². The predicted molar refractivity (Wildman–Crippen MR) is 65.2 cm³/mol. The van der Waals surface area contributed by atoms with E-state index in [1.807, 2.05) is 0 Å². The lowest BCUT2D eigenvalue weighted by Crippen LogP contribution is -1.93. The summed E-state index contributed by atoms with van der Waals surface area (Å²) in [5.74, 6) is 1.71. The lowest BCUT2D eigenvalue weighted by Gasteiger charge is -2.06. The molecule has 0 atom stereocenters.